The molecule has 11 heteroatoms. The quantitative estimate of drug-likeness (QED) is 0.224. The Labute approximate surface area is 243 Å². The highest BCUT2D eigenvalue weighted by Gasteiger charge is 2.53. The van der Waals surface area contributed by atoms with Crippen LogP contribution < -0.4 is 10.6 Å². The molecule has 42 heavy (non-hydrogen) atoms. The summed E-state index contributed by atoms with van der Waals surface area (Å²) < 4.78 is 24.7. The van der Waals surface area contributed by atoms with E-state index in [1.807, 2.05) is 0 Å². The van der Waals surface area contributed by atoms with Gasteiger partial charge in [-0.1, -0.05) is 24.3 Å². The largest absolute Gasteiger partial charge is 0.464 e. The lowest BCUT2D eigenvalue weighted by Crippen LogP contribution is -2.57. The maximum Gasteiger partial charge on any atom is 0.408 e. The molecule has 2 atom stereocenters. The molecule has 10 nitrogen and oxygen atoms in total. The van der Waals surface area contributed by atoms with E-state index in [0.717, 1.165) is 19.3 Å². The Morgan fingerprint density at radius 1 is 0.905 bits per heavy atom. The standard InChI is InChI=1S/C31H36FN3O7/c1-2-41-29(37)27(15-19-3-7-24(32)8-4-19)33-28(36)26(14-20-5-9-25(10-6-20)35(39)40)34-30(38)42-31-16-21-11-22(17-31)13-23(12-21)18-31/h3-10,21-23,26-27H,2,11-18H2,1H3,(H,33,36)(H,34,38)/t21?,22?,23?,26-,27-,31?/m0/s1. The number of alkyl carbamates (subject to hydrolysis) is 1. The average Bonchev–Trinajstić information content (AvgIpc) is 2.92. The molecule has 4 bridgehead atoms. The van der Waals surface area contributed by atoms with E-state index in [1.165, 1.54) is 67.8 Å². The molecule has 4 fully saturated rings. The zero-order valence-corrected chi connectivity index (χ0v) is 23.6. The molecule has 0 aromatic heterocycles. The van der Waals surface area contributed by atoms with Crippen molar-refractivity contribution < 1.29 is 33.2 Å². The second-order valence-electron chi connectivity index (χ2n) is 12.0. The van der Waals surface area contributed by atoms with Crippen LogP contribution in [0.25, 0.3) is 0 Å². The van der Waals surface area contributed by atoms with Crippen molar-refractivity contribution in [3.8, 4) is 0 Å². The van der Waals surface area contributed by atoms with Gasteiger partial charge in [0.1, 0.15) is 23.5 Å². The van der Waals surface area contributed by atoms with Gasteiger partial charge in [-0.15, -0.1) is 0 Å². The van der Waals surface area contributed by atoms with Crippen LogP contribution in [0.5, 0.6) is 0 Å². The summed E-state index contributed by atoms with van der Waals surface area (Å²) in [7, 11) is 0. The highest BCUT2D eigenvalue weighted by atomic mass is 19.1. The van der Waals surface area contributed by atoms with E-state index in [0.29, 0.717) is 28.9 Å². The highest BCUT2D eigenvalue weighted by Crippen LogP contribution is 2.57. The van der Waals surface area contributed by atoms with Gasteiger partial charge in [0, 0.05) is 25.0 Å². The number of non-ortho nitro benzene ring substituents is 1. The maximum absolute atomic E-state index is 13.6. The van der Waals surface area contributed by atoms with Crippen molar-refractivity contribution in [1.82, 2.24) is 10.6 Å². The number of benzene rings is 2. The van der Waals surface area contributed by atoms with Gasteiger partial charge in [-0.05, 0) is 86.5 Å². The Bertz CT molecular complexity index is 1280. The number of carbonyl (C=O) groups is 3. The van der Waals surface area contributed by atoms with Gasteiger partial charge in [0.05, 0.1) is 11.5 Å². The van der Waals surface area contributed by atoms with E-state index in [4.69, 9.17) is 9.47 Å². The molecule has 0 spiro atoms. The van der Waals surface area contributed by atoms with E-state index in [1.54, 1.807) is 6.92 Å². The van der Waals surface area contributed by atoms with Gasteiger partial charge in [-0.2, -0.15) is 0 Å². The molecule has 0 unspecified atom stereocenters. The monoisotopic (exact) mass is 581 g/mol. The first-order valence-corrected chi connectivity index (χ1v) is 14.6. The van der Waals surface area contributed by atoms with Gasteiger partial charge in [-0.25, -0.2) is 14.0 Å². The molecule has 4 saturated carbocycles. The lowest BCUT2D eigenvalue weighted by molar-refractivity contribution is -0.384. The summed E-state index contributed by atoms with van der Waals surface area (Å²) in [6, 6.07) is 9.02. The zero-order valence-electron chi connectivity index (χ0n) is 23.6. The number of halogens is 1. The second kappa shape index (κ2) is 12.5. The minimum absolute atomic E-state index is 0.00585. The minimum atomic E-state index is -1.14. The number of ether oxygens (including phenoxy) is 2. The molecule has 4 aliphatic rings. The van der Waals surface area contributed by atoms with Gasteiger partial charge in [-0.3, -0.25) is 14.9 Å². The number of carbonyl (C=O) groups excluding carboxylic acids is 3. The number of hydrogen-bond acceptors (Lipinski definition) is 7. The predicted molar refractivity (Wildman–Crippen MR) is 150 cm³/mol. The lowest BCUT2D eigenvalue weighted by atomic mass is 9.54. The SMILES string of the molecule is CCOC(=O)[C@H](Cc1ccc(F)cc1)NC(=O)[C@H](Cc1ccc([N+](=O)[O-])cc1)NC(=O)OC12CC3CC(CC(C3)C1)C2. The summed E-state index contributed by atoms with van der Waals surface area (Å²) in [6.07, 6.45) is 5.37. The third-order valence-electron chi connectivity index (χ3n) is 8.73. The van der Waals surface area contributed by atoms with Crippen LogP contribution >= 0.6 is 0 Å². The molecule has 4 aliphatic carbocycles. The maximum atomic E-state index is 13.6. The number of nitro groups is 1. The van der Waals surface area contributed by atoms with Crippen molar-refractivity contribution >= 4 is 23.7 Å². The van der Waals surface area contributed by atoms with Crippen molar-refractivity contribution in [3.05, 3.63) is 75.6 Å². The third-order valence-corrected chi connectivity index (χ3v) is 8.73. The summed E-state index contributed by atoms with van der Waals surface area (Å²) in [5.74, 6) is -0.0723. The molecule has 6 rings (SSSR count). The fourth-order valence-corrected chi connectivity index (χ4v) is 7.29. The molecule has 2 aromatic rings. The molecule has 2 amide bonds. The molecule has 0 saturated heterocycles. The van der Waals surface area contributed by atoms with Crippen molar-refractivity contribution in [2.24, 2.45) is 17.8 Å². The van der Waals surface area contributed by atoms with Gasteiger partial charge in [0.2, 0.25) is 5.91 Å². The van der Waals surface area contributed by atoms with E-state index >= 15 is 0 Å². The summed E-state index contributed by atoms with van der Waals surface area (Å²) in [5, 5.41) is 16.5. The highest BCUT2D eigenvalue weighted by molar-refractivity contribution is 5.90. The Kier molecular flexibility index (Phi) is 8.74. The predicted octanol–water partition coefficient (Wildman–Crippen LogP) is 4.63. The van der Waals surface area contributed by atoms with Crippen molar-refractivity contribution in [3.63, 3.8) is 0 Å². The Morgan fingerprint density at radius 2 is 1.43 bits per heavy atom. The summed E-state index contributed by atoms with van der Waals surface area (Å²) in [5.41, 5.74) is 0.553. The summed E-state index contributed by atoms with van der Waals surface area (Å²) in [6.45, 7) is 1.74. The van der Waals surface area contributed by atoms with E-state index in [9.17, 15) is 28.9 Å². The molecular formula is C31H36FN3O7. The average molecular weight is 582 g/mol. The van der Waals surface area contributed by atoms with Crippen molar-refractivity contribution in [1.29, 1.82) is 0 Å². The van der Waals surface area contributed by atoms with Crippen LogP contribution in [0.15, 0.2) is 48.5 Å². The van der Waals surface area contributed by atoms with Crippen LogP contribution in [0.2, 0.25) is 0 Å². The lowest BCUT2D eigenvalue weighted by Gasteiger charge is -2.55. The van der Waals surface area contributed by atoms with Crippen molar-refractivity contribution in [2.75, 3.05) is 6.61 Å². The fourth-order valence-electron chi connectivity index (χ4n) is 7.29. The number of hydrogen-bond donors (Lipinski definition) is 2. The summed E-state index contributed by atoms with van der Waals surface area (Å²) >= 11 is 0. The van der Waals surface area contributed by atoms with Gasteiger partial charge in [0.15, 0.2) is 0 Å². The molecular weight excluding hydrogens is 545 g/mol. The van der Waals surface area contributed by atoms with Crippen LogP contribution in [-0.2, 0) is 31.9 Å². The van der Waals surface area contributed by atoms with E-state index in [2.05, 4.69) is 10.6 Å². The fraction of sp³-hybridized carbons (Fsp3) is 0.516. The normalized spacial score (nSPS) is 25.2. The number of nitrogens with zero attached hydrogens (tertiary/aromatic N) is 1. The van der Waals surface area contributed by atoms with Gasteiger partial charge in [0.25, 0.3) is 5.69 Å². The van der Waals surface area contributed by atoms with E-state index < -0.39 is 46.4 Å². The van der Waals surface area contributed by atoms with E-state index in [-0.39, 0.29) is 25.1 Å². The molecule has 0 heterocycles. The van der Waals surface area contributed by atoms with Crippen molar-refractivity contribution in [2.45, 2.75) is 76.0 Å². The van der Waals surface area contributed by atoms with Crippen LogP contribution in [0, 0.1) is 33.7 Å². The molecule has 0 radical (unpaired) electrons. The minimum Gasteiger partial charge on any atom is -0.464 e. The number of esters is 1. The van der Waals surface area contributed by atoms with Gasteiger partial charge < -0.3 is 20.1 Å². The third kappa shape index (κ3) is 7.06. The first kappa shape index (κ1) is 29.5. The molecule has 2 aromatic carbocycles. The zero-order chi connectivity index (χ0) is 29.9. The van der Waals surface area contributed by atoms with Crippen LogP contribution in [0.4, 0.5) is 14.9 Å². The number of nitro benzene ring substituents is 1. The van der Waals surface area contributed by atoms with Crippen LogP contribution in [-0.4, -0.2) is 47.2 Å². The molecule has 0 aliphatic heterocycles. The Balaban J connectivity index is 1.32. The Hall–Kier alpha value is -4.02. The first-order chi connectivity index (χ1) is 20.1. The second-order valence-corrected chi connectivity index (χ2v) is 12.0. The summed E-state index contributed by atoms with van der Waals surface area (Å²) in [4.78, 5) is 50.3. The number of amides is 2. The topological polar surface area (TPSA) is 137 Å². The molecule has 224 valence electrons. The van der Waals surface area contributed by atoms with Crippen LogP contribution in [0.3, 0.4) is 0 Å². The molecule has 2 N–H and O–H groups in total. The smallest absolute Gasteiger partial charge is 0.408 e. The van der Waals surface area contributed by atoms with Crippen LogP contribution in [0.1, 0.15) is 56.6 Å². The number of rotatable bonds is 11. The Morgan fingerprint density at radius 3 is 1.95 bits per heavy atom. The van der Waals surface area contributed by atoms with Gasteiger partial charge >= 0.3 is 12.1 Å². The first-order valence-electron chi connectivity index (χ1n) is 14.6. The number of nitrogens with one attached hydrogen (secondary N) is 2.